The van der Waals surface area contributed by atoms with Crippen molar-refractivity contribution in [3.63, 3.8) is 0 Å². The zero-order valence-corrected chi connectivity index (χ0v) is 14.2. The Morgan fingerprint density at radius 1 is 1.00 bits per heavy atom. The summed E-state index contributed by atoms with van der Waals surface area (Å²) in [5.74, 6) is -0.0176. The Hall–Kier alpha value is -2.33. The number of anilines is 2. The van der Waals surface area contributed by atoms with Crippen LogP contribution in [0.25, 0.3) is 0 Å². The molecule has 0 atom stereocenters. The van der Waals surface area contributed by atoms with Crippen molar-refractivity contribution >= 4 is 17.3 Å². The summed E-state index contributed by atoms with van der Waals surface area (Å²) in [6.45, 7) is 5.34. The van der Waals surface area contributed by atoms with E-state index in [1.165, 1.54) is 29.7 Å². The minimum absolute atomic E-state index is 0.0176. The maximum Gasteiger partial charge on any atom is 0.238 e. The Balaban J connectivity index is 1.43. The number of carbonyl (C=O) groups is 1. The third kappa shape index (κ3) is 4.59. The van der Waals surface area contributed by atoms with Gasteiger partial charge in [-0.05, 0) is 49.6 Å². The van der Waals surface area contributed by atoms with Gasteiger partial charge in [0.05, 0.1) is 6.54 Å². The zero-order valence-electron chi connectivity index (χ0n) is 14.2. The Morgan fingerprint density at radius 2 is 1.67 bits per heavy atom. The van der Waals surface area contributed by atoms with Crippen LogP contribution in [-0.2, 0) is 11.3 Å². The summed E-state index contributed by atoms with van der Waals surface area (Å²) in [4.78, 5) is 14.4. The normalized spacial score (nSPS) is 14.0. The number of aryl methyl sites for hydroxylation is 1. The Kier molecular flexibility index (Phi) is 5.49. The number of amides is 1. The lowest BCUT2D eigenvalue weighted by Gasteiger charge is -2.17. The number of rotatable bonds is 6. The van der Waals surface area contributed by atoms with Crippen LogP contribution in [0.5, 0.6) is 0 Å². The SMILES string of the molecule is Cc1ccc(CNCC(=O)Nc2ccc(N3CCCC3)cc2)cc1. The molecule has 3 rings (SSSR count). The molecule has 1 aliphatic heterocycles. The van der Waals surface area contributed by atoms with E-state index in [0.29, 0.717) is 13.1 Å². The minimum atomic E-state index is -0.0176. The average molecular weight is 323 g/mol. The number of nitrogens with zero attached hydrogens (tertiary/aromatic N) is 1. The second-order valence-electron chi connectivity index (χ2n) is 6.38. The van der Waals surface area contributed by atoms with Gasteiger partial charge in [0, 0.05) is 31.0 Å². The van der Waals surface area contributed by atoms with Crippen LogP contribution in [0.15, 0.2) is 48.5 Å². The summed E-state index contributed by atoms with van der Waals surface area (Å²) in [6, 6.07) is 16.4. The topological polar surface area (TPSA) is 44.4 Å². The first-order valence-electron chi connectivity index (χ1n) is 8.62. The largest absolute Gasteiger partial charge is 0.372 e. The molecule has 0 saturated carbocycles. The number of nitrogens with one attached hydrogen (secondary N) is 2. The predicted molar refractivity (Wildman–Crippen MR) is 99.4 cm³/mol. The first kappa shape index (κ1) is 16.5. The van der Waals surface area contributed by atoms with Crippen molar-refractivity contribution in [1.82, 2.24) is 5.32 Å². The molecule has 1 amide bonds. The van der Waals surface area contributed by atoms with E-state index in [2.05, 4.69) is 58.9 Å². The van der Waals surface area contributed by atoms with E-state index in [-0.39, 0.29) is 5.91 Å². The third-order valence-electron chi connectivity index (χ3n) is 4.36. The first-order valence-corrected chi connectivity index (χ1v) is 8.62. The molecular weight excluding hydrogens is 298 g/mol. The standard InChI is InChI=1S/C20H25N3O/c1-16-4-6-17(7-5-16)14-21-15-20(24)22-18-8-10-19(11-9-18)23-12-2-3-13-23/h4-11,21H,2-3,12-15H2,1H3,(H,22,24). The minimum Gasteiger partial charge on any atom is -0.372 e. The van der Waals surface area contributed by atoms with Gasteiger partial charge in [-0.15, -0.1) is 0 Å². The Bertz CT molecular complexity index is 658. The van der Waals surface area contributed by atoms with Crippen molar-refractivity contribution in [3.05, 3.63) is 59.7 Å². The molecule has 2 N–H and O–H groups in total. The highest BCUT2D eigenvalue weighted by Crippen LogP contribution is 2.21. The van der Waals surface area contributed by atoms with Crippen molar-refractivity contribution in [2.45, 2.75) is 26.3 Å². The third-order valence-corrected chi connectivity index (χ3v) is 4.36. The lowest BCUT2D eigenvalue weighted by molar-refractivity contribution is -0.115. The van der Waals surface area contributed by atoms with Gasteiger partial charge in [-0.25, -0.2) is 0 Å². The van der Waals surface area contributed by atoms with Gasteiger partial charge in [-0.2, -0.15) is 0 Å². The van der Waals surface area contributed by atoms with Crippen molar-refractivity contribution < 1.29 is 4.79 Å². The van der Waals surface area contributed by atoms with Gasteiger partial charge in [0.1, 0.15) is 0 Å². The molecule has 0 unspecified atom stereocenters. The molecule has 126 valence electrons. The fraction of sp³-hybridized carbons (Fsp3) is 0.350. The van der Waals surface area contributed by atoms with Crippen LogP contribution in [0.3, 0.4) is 0 Å². The van der Waals surface area contributed by atoms with E-state index < -0.39 is 0 Å². The molecule has 4 nitrogen and oxygen atoms in total. The van der Waals surface area contributed by atoms with Crippen molar-refractivity contribution in [2.24, 2.45) is 0 Å². The molecule has 1 saturated heterocycles. The number of carbonyl (C=O) groups excluding carboxylic acids is 1. The molecule has 1 fully saturated rings. The highest BCUT2D eigenvalue weighted by Gasteiger charge is 2.12. The Labute approximate surface area is 143 Å². The van der Waals surface area contributed by atoms with Crippen molar-refractivity contribution in [2.75, 3.05) is 29.9 Å². The van der Waals surface area contributed by atoms with Gasteiger partial charge in [-0.3, -0.25) is 4.79 Å². The van der Waals surface area contributed by atoms with Gasteiger partial charge in [0.15, 0.2) is 0 Å². The fourth-order valence-electron chi connectivity index (χ4n) is 2.96. The van der Waals surface area contributed by atoms with Gasteiger partial charge >= 0.3 is 0 Å². The average Bonchev–Trinajstić information content (AvgIpc) is 3.12. The molecule has 2 aromatic carbocycles. The van der Waals surface area contributed by atoms with Crippen LogP contribution in [-0.4, -0.2) is 25.5 Å². The van der Waals surface area contributed by atoms with Crippen LogP contribution in [0.4, 0.5) is 11.4 Å². The quantitative estimate of drug-likeness (QED) is 0.857. The second-order valence-corrected chi connectivity index (χ2v) is 6.38. The summed E-state index contributed by atoms with van der Waals surface area (Å²) in [5, 5.41) is 6.11. The predicted octanol–water partition coefficient (Wildman–Crippen LogP) is 3.32. The lowest BCUT2D eigenvalue weighted by atomic mass is 10.1. The van der Waals surface area contributed by atoms with Crippen molar-refractivity contribution in [1.29, 1.82) is 0 Å². The van der Waals surface area contributed by atoms with Gasteiger partial charge in [-0.1, -0.05) is 29.8 Å². The zero-order chi connectivity index (χ0) is 16.8. The molecule has 2 aromatic rings. The van der Waals surface area contributed by atoms with Crippen LogP contribution in [0, 0.1) is 6.92 Å². The number of hydrogen-bond donors (Lipinski definition) is 2. The molecule has 0 radical (unpaired) electrons. The molecule has 1 aliphatic rings. The van der Waals surface area contributed by atoms with Crippen LogP contribution < -0.4 is 15.5 Å². The van der Waals surface area contributed by atoms with Gasteiger partial charge in [0.2, 0.25) is 5.91 Å². The maximum absolute atomic E-state index is 12.0. The van der Waals surface area contributed by atoms with Crippen molar-refractivity contribution in [3.8, 4) is 0 Å². The monoisotopic (exact) mass is 323 g/mol. The van der Waals surface area contributed by atoms with E-state index >= 15 is 0 Å². The summed E-state index contributed by atoms with van der Waals surface area (Å²) in [7, 11) is 0. The van der Waals surface area contributed by atoms with Crippen LogP contribution >= 0.6 is 0 Å². The van der Waals surface area contributed by atoms with Crippen LogP contribution in [0.2, 0.25) is 0 Å². The second kappa shape index (κ2) is 7.97. The molecule has 0 spiro atoms. The van der Waals surface area contributed by atoms with Gasteiger partial charge < -0.3 is 15.5 Å². The smallest absolute Gasteiger partial charge is 0.238 e. The molecular formula is C20H25N3O. The van der Waals surface area contributed by atoms with E-state index in [4.69, 9.17) is 0 Å². The van der Waals surface area contributed by atoms with E-state index in [1.54, 1.807) is 0 Å². The van der Waals surface area contributed by atoms with E-state index in [9.17, 15) is 4.79 Å². The summed E-state index contributed by atoms with van der Waals surface area (Å²) < 4.78 is 0. The highest BCUT2D eigenvalue weighted by atomic mass is 16.1. The Morgan fingerprint density at radius 3 is 2.33 bits per heavy atom. The molecule has 0 bridgehead atoms. The van der Waals surface area contributed by atoms with Gasteiger partial charge in [0.25, 0.3) is 0 Å². The number of benzene rings is 2. The molecule has 4 heteroatoms. The number of hydrogen-bond acceptors (Lipinski definition) is 3. The lowest BCUT2D eigenvalue weighted by Crippen LogP contribution is -2.27. The summed E-state index contributed by atoms with van der Waals surface area (Å²) >= 11 is 0. The molecule has 1 heterocycles. The maximum atomic E-state index is 12.0. The molecule has 0 aliphatic carbocycles. The fourth-order valence-corrected chi connectivity index (χ4v) is 2.96. The first-order chi connectivity index (χ1) is 11.7. The highest BCUT2D eigenvalue weighted by molar-refractivity contribution is 5.92. The molecule has 0 aromatic heterocycles. The van der Waals surface area contributed by atoms with E-state index in [1.807, 2.05) is 12.1 Å². The summed E-state index contributed by atoms with van der Waals surface area (Å²) in [5.41, 5.74) is 4.51. The van der Waals surface area contributed by atoms with E-state index in [0.717, 1.165) is 18.8 Å². The summed E-state index contributed by atoms with van der Waals surface area (Å²) in [6.07, 6.45) is 2.54. The molecule has 24 heavy (non-hydrogen) atoms. The van der Waals surface area contributed by atoms with Crippen LogP contribution in [0.1, 0.15) is 24.0 Å².